The second kappa shape index (κ2) is 6.08. The Morgan fingerprint density at radius 2 is 1.75 bits per heavy atom. The summed E-state index contributed by atoms with van der Waals surface area (Å²) < 4.78 is 19.4. The minimum absolute atomic E-state index is 0.148. The summed E-state index contributed by atoms with van der Waals surface area (Å²) in [5, 5.41) is 0. The molecule has 1 nitrogen and oxygen atoms in total. The van der Waals surface area contributed by atoms with Crippen molar-refractivity contribution >= 4 is 0 Å². The van der Waals surface area contributed by atoms with Gasteiger partial charge in [0.15, 0.2) is 0 Å². The predicted octanol–water partition coefficient (Wildman–Crippen LogP) is 5.19. The van der Waals surface area contributed by atoms with Gasteiger partial charge in [-0.2, -0.15) is 0 Å². The summed E-state index contributed by atoms with van der Waals surface area (Å²) in [5.74, 6) is 0.525. The Kier molecular flexibility index (Phi) is 4.43. The summed E-state index contributed by atoms with van der Waals surface area (Å²) in [5.41, 5.74) is 4.01. The van der Waals surface area contributed by atoms with Crippen LogP contribution in [-0.4, -0.2) is 7.11 Å². The molecule has 0 aliphatic heterocycles. The van der Waals surface area contributed by atoms with Crippen molar-refractivity contribution < 1.29 is 9.13 Å². The molecule has 2 rings (SSSR count). The van der Waals surface area contributed by atoms with Crippen LogP contribution in [0.25, 0.3) is 11.1 Å². The molecule has 0 amide bonds. The first-order valence-corrected chi connectivity index (χ1v) is 7.03. The maximum atomic E-state index is 14.0. The molecule has 0 spiro atoms. The van der Waals surface area contributed by atoms with E-state index in [1.54, 1.807) is 7.11 Å². The van der Waals surface area contributed by atoms with Gasteiger partial charge in [-0.25, -0.2) is 4.39 Å². The number of benzene rings is 2. The highest BCUT2D eigenvalue weighted by Crippen LogP contribution is 2.34. The van der Waals surface area contributed by atoms with Crippen LogP contribution in [0.1, 0.15) is 37.8 Å². The molecule has 0 fully saturated rings. The number of hydrogen-bond donors (Lipinski definition) is 0. The number of ether oxygens (including phenoxy) is 1. The highest BCUT2D eigenvalue weighted by atomic mass is 19.1. The molecule has 0 N–H and O–H groups in total. The lowest BCUT2D eigenvalue weighted by atomic mass is 9.95. The van der Waals surface area contributed by atoms with Crippen LogP contribution in [0.15, 0.2) is 36.4 Å². The monoisotopic (exact) mass is 272 g/mol. The molecule has 0 aromatic heterocycles. The van der Waals surface area contributed by atoms with E-state index in [-0.39, 0.29) is 11.7 Å². The predicted molar refractivity (Wildman–Crippen MR) is 81.9 cm³/mol. The smallest absolute Gasteiger partial charge is 0.130 e. The lowest BCUT2D eigenvalue weighted by Crippen LogP contribution is -1.97. The van der Waals surface area contributed by atoms with Crippen LogP contribution in [0.2, 0.25) is 0 Å². The van der Waals surface area contributed by atoms with Crippen molar-refractivity contribution in [3.8, 4) is 16.9 Å². The Labute approximate surface area is 120 Å². The zero-order valence-corrected chi connectivity index (χ0v) is 12.5. The van der Waals surface area contributed by atoms with E-state index in [9.17, 15) is 4.39 Å². The molecular formula is C18H21FO. The molecule has 0 radical (unpaired) electrons. The topological polar surface area (TPSA) is 9.23 Å². The van der Waals surface area contributed by atoms with Gasteiger partial charge in [-0.05, 0) is 35.1 Å². The van der Waals surface area contributed by atoms with E-state index in [2.05, 4.69) is 31.2 Å². The fourth-order valence-electron chi connectivity index (χ4n) is 2.33. The normalized spacial score (nSPS) is 10.9. The van der Waals surface area contributed by atoms with E-state index in [1.165, 1.54) is 11.6 Å². The molecule has 0 heterocycles. The third kappa shape index (κ3) is 2.84. The summed E-state index contributed by atoms with van der Waals surface area (Å²) in [6.07, 6.45) is 1.01. The number of aryl methyl sites for hydroxylation is 1. The lowest BCUT2D eigenvalue weighted by molar-refractivity contribution is 0.412. The zero-order chi connectivity index (χ0) is 14.7. The van der Waals surface area contributed by atoms with Crippen LogP contribution in [0.3, 0.4) is 0 Å². The summed E-state index contributed by atoms with van der Waals surface area (Å²) in [7, 11) is 1.58. The van der Waals surface area contributed by atoms with Gasteiger partial charge in [0.2, 0.25) is 0 Å². The molecule has 2 heteroatoms. The fourth-order valence-corrected chi connectivity index (χ4v) is 2.33. The van der Waals surface area contributed by atoms with E-state index in [1.807, 2.05) is 19.9 Å². The Hall–Kier alpha value is -1.83. The van der Waals surface area contributed by atoms with E-state index in [0.29, 0.717) is 5.75 Å². The van der Waals surface area contributed by atoms with Gasteiger partial charge in [0.05, 0.1) is 7.11 Å². The van der Waals surface area contributed by atoms with Crippen LogP contribution in [0.5, 0.6) is 5.75 Å². The van der Waals surface area contributed by atoms with Crippen molar-refractivity contribution in [1.82, 2.24) is 0 Å². The van der Waals surface area contributed by atoms with Crippen LogP contribution in [0, 0.1) is 5.82 Å². The van der Waals surface area contributed by atoms with Gasteiger partial charge in [0.1, 0.15) is 11.6 Å². The van der Waals surface area contributed by atoms with Crippen molar-refractivity contribution in [1.29, 1.82) is 0 Å². The number of rotatable bonds is 4. The lowest BCUT2D eigenvalue weighted by Gasteiger charge is -2.14. The van der Waals surface area contributed by atoms with Gasteiger partial charge < -0.3 is 4.74 Å². The third-order valence-electron chi connectivity index (χ3n) is 3.61. The van der Waals surface area contributed by atoms with E-state index < -0.39 is 0 Å². The zero-order valence-electron chi connectivity index (χ0n) is 12.5. The van der Waals surface area contributed by atoms with Crippen LogP contribution in [0.4, 0.5) is 4.39 Å². The van der Waals surface area contributed by atoms with E-state index >= 15 is 0 Å². The van der Waals surface area contributed by atoms with Gasteiger partial charge in [-0.3, -0.25) is 0 Å². The van der Waals surface area contributed by atoms with Gasteiger partial charge in [0, 0.05) is 11.6 Å². The molecule has 2 aromatic rings. The molecule has 0 saturated carbocycles. The SMILES string of the molecule is CCc1ccc(-c2cc(C(C)C)c(F)cc2OC)cc1. The molecule has 20 heavy (non-hydrogen) atoms. The second-order valence-electron chi connectivity index (χ2n) is 5.28. The maximum Gasteiger partial charge on any atom is 0.130 e. The molecule has 0 unspecified atom stereocenters. The third-order valence-corrected chi connectivity index (χ3v) is 3.61. The summed E-state index contributed by atoms with van der Waals surface area (Å²) in [6, 6.07) is 11.7. The average molecular weight is 272 g/mol. The van der Waals surface area contributed by atoms with Crippen LogP contribution in [-0.2, 0) is 6.42 Å². The Bertz CT molecular complexity index is 585. The van der Waals surface area contributed by atoms with Crippen LogP contribution >= 0.6 is 0 Å². The average Bonchev–Trinajstić information content (AvgIpc) is 2.46. The van der Waals surface area contributed by atoms with Crippen molar-refractivity contribution in [2.75, 3.05) is 7.11 Å². The minimum Gasteiger partial charge on any atom is -0.496 e. The quantitative estimate of drug-likeness (QED) is 0.744. The van der Waals surface area contributed by atoms with Crippen molar-refractivity contribution in [2.45, 2.75) is 33.1 Å². The van der Waals surface area contributed by atoms with Crippen molar-refractivity contribution in [3.63, 3.8) is 0 Å². The molecule has 0 atom stereocenters. The first-order chi connectivity index (χ1) is 9.56. The van der Waals surface area contributed by atoms with Gasteiger partial charge in [0.25, 0.3) is 0 Å². The summed E-state index contributed by atoms with van der Waals surface area (Å²) in [6.45, 7) is 6.12. The molecule has 0 aliphatic carbocycles. The van der Waals surface area contributed by atoms with E-state index in [4.69, 9.17) is 4.74 Å². The van der Waals surface area contributed by atoms with Gasteiger partial charge in [-0.1, -0.05) is 45.0 Å². The Balaban J connectivity index is 2.55. The fraction of sp³-hybridized carbons (Fsp3) is 0.333. The molecular weight excluding hydrogens is 251 g/mol. The molecule has 0 aliphatic rings. The van der Waals surface area contributed by atoms with Crippen molar-refractivity contribution in [3.05, 3.63) is 53.3 Å². The molecule has 2 aromatic carbocycles. The van der Waals surface area contributed by atoms with Gasteiger partial charge >= 0.3 is 0 Å². The number of hydrogen-bond acceptors (Lipinski definition) is 1. The minimum atomic E-state index is -0.203. The highest BCUT2D eigenvalue weighted by molar-refractivity contribution is 5.71. The Morgan fingerprint density at radius 1 is 1.10 bits per heavy atom. The molecule has 0 saturated heterocycles. The first kappa shape index (κ1) is 14.6. The summed E-state index contributed by atoms with van der Waals surface area (Å²) in [4.78, 5) is 0. The first-order valence-electron chi connectivity index (χ1n) is 7.03. The molecule has 106 valence electrons. The van der Waals surface area contributed by atoms with E-state index in [0.717, 1.165) is 23.1 Å². The maximum absolute atomic E-state index is 14.0. The van der Waals surface area contributed by atoms with Gasteiger partial charge in [-0.15, -0.1) is 0 Å². The summed E-state index contributed by atoms with van der Waals surface area (Å²) >= 11 is 0. The van der Waals surface area contributed by atoms with Crippen LogP contribution < -0.4 is 4.74 Å². The largest absolute Gasteiger partial charge is 0.496 e. The standard InChI is InChI=1S/C18H21FO/c1-5-13-6-8-14(9-7-13)16-10-15(12(2)3)17(19)11-18(16)20-4/h6-12H,5H2,1-4H3. The highest BCUT2D eigenvalue weighted by Gasteiger charge is 2.14. The van der Waals surface area contributed by atoms with Crippen molar-refractivity contribution in [2.24, 2.45) is 0 Å². The number of methoxy groups -OCH3 is 1. The molecule has 0 bridgehead atoms. The Morgan fingerprint density at radius 3 is 2.25 bits per heavy atom. The second-order valence-corrected chi connectivity index (χ2v) is 5.28. The number of halogens is 1.